The van der Waals surface area contributed by atoms with E-state index in [9.17, 15) is 31.1 Å². The van der Waals surface area contributed by atoms with E-state index in [4.69, 9.17) is 23.2 Å². The van der Waals surface area contributed by atoms with Gasteiger partial charge in [0.15, 0.2) is 0 Å². The maximum absolute atomic E-state index is 13.1. The van der Waals surface area contributed by atoms with Crippen molar-refractivity contribution in [2.45, 2.75) is 24.9 Å². The Morgan fingerprint density at radius 3 is 2.21 bits per heavy atom. The van der Waals surface area contributed by atoms with Gasteiger partial charge in [-0.05, 0) is 41.5 Å². The first kappa shape index (κ1) is 25.5. The van der Waals surface area contributed by atoms with E-state index in [-0.39, 0.29) is 18.2 Å². The zero-order chi connectivity index (χ0) is 24.6. The van der Waals surface area contributed by atoms with Crippen LogP contribution in [0, 0.1) is 0 Å². The van der Waals surface area contributed by atoms with Gasteiger partial charge in [0.25, 0.3) is 0 Å². The van der Waals surface area contributed by atoms with Crippen molar-refractivity contribution in [1.82, 2.24) is 15.1 Å². The lowest BCUT2D eigenvalue weighted by Gasteiger charge is -2.39. The predicted molar refractivity (Wildman–Crippen MR) is 112 cm³/mol. The molecule has 0 bridgehead atoms. The van der Waals surface area contributed by atoms with Gasteiger partial charge in [0.05, 0.1) is 17.2 Å². The normalized spacial score (nSPS) is 17.2. The third-order valence-electron chi connectivity index (χ3n) is 5.20. The highest BCUT2D eigenvalue weighted by atomic mass is 35.5. The number of piperazine rings is 1. The van der Waals surface area contributed by atoms with Gasteiger partial charge in [-0.2, -0.15) is 26.3 Å². The maximum Gasteiger partial charge on any atom is 0.416 e. The first-order chi connectivity index (χ1) is 15.3. The Bertz CT molecular complexity index is 996. The molecule has 180 valence electrons. The summed E-state index contributed by atoms with van der Waals surface area (Å²) in [6, 6.07) is 5.05. The Morgan fingerprint density at radius 1 is 1.06 bits per heavy atom. The van der Waals surface area contributed by atoms with Crippen molar-refractivity contribution < 1.29 is 31.1 Å². The lowest BCUT2D eigenvalue weighted by atomic mass is 10.0. The van der Waals surface area contributed by atoms with E-state index in [0.717, 1.165) is 4.90 Å². The number of nitrogens with one attached hydrogen (secondary N) is 1. The van der Waals surface area contributed by atoms with Crippen LogP contribution in [0.3, 0.4) is 0 Å². The molecule has 1 N–H and O–H groups in total. The summed E-state index contributed by atoms with van der Waals surface area (Å²) >= 11 is 12.2. The van der Waals surface area contributed by atoms with Crippen LogP contribution in [0.5, 0.6) is 0 Å². The highest BCUT2D eigenvalue weighted by Gasteiger charge is 2.37. The van der Waals surface area contributed by atoms with Gasteiger partial charge in [0.1, 0.15) is 0 Å². The number of carbonyl (C=O) groups is 1. The largest absolute Gasteiger partial charge is 0.416 e. The molecule has 12 heteroatoms. The zero-order valence-electron chi connectivity index (χ0n) is 17.2. The summed E-state index contributed by atoms with van der Waals surface area (Å²) in [6.07, 6.45) is -9.93. The molecule has 4 nitrogen and oxygen atoms in total. The number of nitrogens with zero attached hydrogens (tertiary/aromatic N) is 2. The van der Waals surface area contributed by atoms with Crippen LogP contribution in [0.15, 0.2) is 36.4 Å². The summed E-state index contributed by atoms with van der Waals surface area (Å²) in [7, 11) is 1.32. The molecule has 0 aliphatic carbocycles. The van der Waals surface area contributed by atoms with Crippen LogP contribution in [0.4, 0.5) is 31.1 Å². The molecule has 1 unspecified atom stereocenters. The summed E-state index contributed by atoms with van der Waals surface area (Å²) in [4.78, 5) is 15.7. The predicted octanol–water partition coefficient (Wildman–Crippen LogP) is 6.23. The topological polar surface area (TPSA) is 35.6 Å². The van der Waals surface area contributed by atoms with Crippen LogP contribution in [0.1, 0.15) is 28.3 Å². The number of hydrogen-bond donors (Lipinski definition) is 1. The summed E-state index contributed by atoms with van der Waals surface area (Å²) < 4.78 is 78.9. The molecule has 0 saturated carbocycles. The molecule has 33 heavy (non-hydrogen) atoms. The van der Waals surface area contributed by atoms with Gasteiger partial charge >= 0.3 is 18.4 Å². The molecule has 3 rings (SSSR count). The SMILES string of the molecule is CN(Cc1cc(C(F)(F)F)cc(C(F)(F)F)c1)C(=O)N1CCNCC1c1ccc(Cl)cc1Cl. The van der Waals surface area contributed by atoms with Crippen LogP contribution in [-0.2, 0) is 18.9 Å². The van der Waals surface area contributed by atoms with Gasteiger partial charge in [-0.1, -0.05) is 29.3 Å². The van der Waals surface area contributed by atoms with Crippen molar-refractivity contribution in [3.05, 3.63) is 68.7 Å². The van der Waals surface area contributed by atoms with Gasteiger partial charge in [0.2, 0.25) is 0 Å². The van der Waals surface area contributed by atoms with Crippen molar-refractivity contribution in [3.8, 4) is 0 Å². The minimum atomic E-state index is -4.96. The van der Waals surface area contributed by atoms with Gasteiger partial charge in [0, 0.05) is 43.3 Å². The number of amides is 2. The Labute approximate surface area is 196 Å². The maximum atomic E-state index is 13.1. The van der Waals surface area contributed by atoms with E-state index in [2.05, 4.69) is 5.32 Å². The van der Waals surface area contributed by atoms with E-state index >= 15 is 0 Å². The van der Waals surface area contributed by atoms with E-state index in [1.54, 1.807) is 12.1 Å². The number of hydrogen-bond acceptors (Lipinski definition) is 2. The molecule has 2 amide bonds. The lowest BCUT2D eigenvalue weighted by Crippen LogP contribution is -2.52. The summed E-state index contributed by atoms with van der Waals surface area (Å²) in [5.74, 6) is 0. The number of carbonyl (C=O) groups excluding carboxylic acids is 1. The first-order valence-corrected chi connectivity index (χ1v) is 10.5. The second kappa shape index (κ2) is 9.60. The van der Waals surface area contributed by atoms with Crippen LogP contribution < -0.4 is 5.32 Å². The van der Waals surface area contributed by atoms with E-state index < -0.39 is 42.1 Å². The standard InChI is InChI=1S/C21H19Cl2F6N3O/c1-31(11-12-6-13(20(24,25)26)8-14(7-12)21(27,28)29)19(33)32-5-4-30-10-18(32)16-3-2-15(22)9-17(16)23/h2-3,6-9,18,30H,4-5,10-11H2,1H3. The molecule has 2 aromatic carbocycles. The smallest absolute Gasteiger partial charge is 0.323 e. The summed E-state index contributed by atoms with van der Waals surface area (Å²) in [6.45, 7) is 0.645. The lowest BCUT2D eigenvalue weighted by molar-refractivity contribution is -0.143. The highest BCUT2D eigenvalue weighted by Crippen LogP contribution is 2.37. The summed E-state index contributed by atoms with van der Waals surface area (Å²) in [5, 5.41) is 3.89. The molecule has 1 saturated heterocycles. The highest BCUT2D eigenvalue weighted by molar-refractivity contribution is 6.35. The Hall–Kier alpha value is -2.17. The minimum Gasteiger partial charge on any atom is -0.323 e. The second-order valence-corrected chi connectivity index (χ2v) is 8.48. The molecule has 1 fully saturated rings. The number of rotatable bonds is 3. The number of halogens is 8. The van der Waals surface area contributed by atoms with Gasteiger partial charge < -0.3 is 15.1 Å². The van der Waals surface area contributed by atoms with Crippen molar-refractivity contribution in [3.63, 3.8) is 0 Å². The molecule has 1 aliphatic heterocycles. The number of alkyl halides is 6. The van der Waals surface area contributed by atoms with Crippen LogP contribution in [0.2, 0.25) is 10.0 Å². The fraction of sp³-hybridized carbons (Fsp3) is 0.381. The van der Waals surface area contributed by atoms with Crippen molar-refractivity contribution in [2.75, 3.05) is 26.7 Å². The van der Waals surface area contributed by atoms with Crippen molar-refractivity contribution >= 4 is 29.2 Å². The van der Waals surface area contributed by atoms with Gasteiger partial charge in [-0.15, -0.1) is 0 Å². The average molecular weight is 514 g/mol. The molecule has 1 heterocycles. The molecule has 2 aromatic rings. The van der Waals surface area contributed by atoms with Crippen LogP contribution in [0.25, 0.3) is 0 Å². The molecule has 0 spiro atoms. The molecular weight excluding hydrogens is 495 g/mol. The number of benzene rings is 2. The van der Waals surface area contributed by atoms with Crippen LogP contribution >= 0.6 is 23.2 Å². The van der Waals surface area contributed by atoms with Crippen molar-refractivity contribution in [1.29, 1.82) is 0 Å². The van der Waals surface area contributed by atoms with Gasteiger partial charge in [-0.3, -0.25) is 0 Å². The molecule has 1 aliphatic rings. The monoisotopic (exact) mass is 513 g/mol. The Balaban J connectivity index is 1.87. The fourth-order valence-electron chi connectivity index (χ4n) is 3.65. The van der Waals surface area contributed by atoms with Crippen LogP contribution in [-0.4, -0.2) is 42.5 Å². The first-order valence-electron chi connectivity index (χ1n) is 9.73. The third-order valence-corrected chi connectivity index (χ3v) is 5.77. The van der Waals surface area contributed by atoms with Crippen molar-refractivity contribution in [2.24, 2.45) is 0 Å². The number of urea groups is 1. The molecule has 1 atom stereocenters. The minimum absolute atomic E-state index is 0.0557. The van der Waals surface area contributed by atoms with E-state index in [1.165, 1.54) is 18.0 Å². The zero-order valence-corrected chi connectivity index (χ0v) is 18.7. The fourth-order valence-corrected chi connectivity index (χ4v) is 4.19. The average Bonchev–Trinajstić information content (AvgIpc) is 2.72. The quantitative estimate of drug-likeness (QED) is 0.494. The Morgan fingerprint density at radius 2 is 1.67 bits per heavy atom. The van der Waals surface area contributed by atoms with E-state index in [0.29, 0.717) is 40.8 Å². The third kappa shape index (κ3) is 6.04. The molecular formula is C21H19Cl2F6N3O. The molecule has 0 aromatic heterocycles. The molecule has 0 radical (unpaired) electrons. The summed E-state index contributed by atoms with van der Waals surface area (Å²) in [5.41, 5.74) is -2.53. The van der Waals surface area contributed by atoms with Gasteiger partial charge in [-0.25, -0.2) is 4.79 Å². The second-order valence-electron chi connectivity index (χ2n) is 7.63. The Kier molecular flexibility index (Phi) is 7.40. The van der Waals surface area contributed by atoms with E-state index in [1.807, 2.05) is 0 Å².